The van der Waals surface area contributed by atoms with Crippen LogP contribution in [0.3, 0.4) is 0 Å². The van der Waals surface area contributed by atoms with Gasteiger partial charge in [0.25, 0.3) is 0 Å². The topological polar surface area (TPSA) is 62.7 Å². The average molecular weight is 264 g/mol. The molecular weight excluding hydrogens is 244 g/mol. The van der Waals surface area contributed by atoms with Gasteiger partial charge in [-0.3, -0.25) is 4.98 Å². The van der Waals surface area contributed by atoms with Crippen LogP contribution in [-0.4, -0.2) is 41.4 Å². The third-order valence-electron chi connectivity index (χ3n) is 3.44. The number of aryl methyl sites for hydroxylation is 2. The summed E-state index contributed by atoms with van der Waals surface area (Å²) in [5.41, 5.74) is 2.45. The molecule has 2 heterocycles. The lowest BCUT2D eigenvalue weighted by molar-refractivity contribution is 0.0341. The quantitative estimate of drug-likeness (QED) is 0.885. The number of carboxylic acid groups (broad SMARTS) is 1. The molecule has 19 heavy (non-hydrogen) atoms. The van der Waals surface area contributed by atoms with Crippen LogP contribution in [0.4, 0.5) is 5.69 Å². The van der Waals surface area contributed by atoms with Crippen LogP contribution in [0.1, 0.15) is 35.6 Å². The molecule has 104 valence electrons. The molecule has 0 aliphatic carbocycles. The molecule has 1 aromatic rings. The number of nitrogens with zero attached hydrogens (tertiary/aromatic N) is 2. The van der Waals surface area contributed by atoms with Crippen molar-refractivity contribution in [1.29, 1.82) is 0 Å². The van der Waals surface area contributed by atoms with Crippen molar-refractivity contribution in [3.8, 4) is 0 Å². The molecule has 1 fully saturated rings. The van der Waals surface area contributed by atoms with Crippen molar-refractivity contribution in [3.63, 3.8) is 0 Å². The average Bonchev–Trinajstić information content (AvgIpc) is 2.30. The summed E-state index contributed by atoms with van der Waals surface area (Å²) in [5.74, 6) is -0.925. The zero-order valence-corrected chi connectivity index (χ0v) is 11.8. The number of hydrogen-bond donors (Lipinski definition) is 1. The molecule has 1 N–H and O–H groups in total. The van der Waals surface area contributed by atoms with E-state index in [4.69, 9.17) is 4.74 Å². The molecule has 1 aromatic heterocycles. The molecule has 0 amide bonds. The van der Waals surface area contributed by atoms with E-state index >= 15 is 0 Å². The molecule has 5 heteroatoms. The largest absolute Gasteiger partial charge is 0.478 e. The number of anilines is 1. The molecule has 0 saturated carbocycles. The van der Waals surface area contributed by atoms with Crippen LogP contribution in [0.2, 0.25) is 0 Å². The Hall–Kier alpha value is -1.62. The molecule has 0 bridgehead atoms. The Balaban J connectivity index is 2.50. The fourth-order valence-electron chi connectivity index (χ4n) is 2.54. The minimum Gasteiger partial charge on any atom is -0.478 e. The summed E-state index contributed by atoms with van der Waals surface area (Å²) in [6.07, 6.45) is 0.103. The van der Waals surface area contributed by atoms with Crippen LogP contribution < -0.4 is 4.90 Å². The van der Waals surface area contributed by atoms with Crippen molar-refractivity contribution >= 4 is 11.7 Å². The first-order chi connectivity index (χ1) is 8.90. The number of rotatable bonds is 2. The predicted molar refractivity (Wildman–Crippen MR) is 72.9 cm³/mol. The number of aromatic nitrogens is 1. The van der Waals surface area contributed by atoms with Gasteiger partial charge in [0.05, 0.1) is 24.1 Å². The van der Waals surface area contributed by atoms with E-state index in [0.29, 0.717) is 24.4 Å². The molecule has 0 radical (unpaired) electrons. The SMILES string of the molecule is Cc1cc(N2CC(C)OCC2C)c(C(=O)O)c(C)n1. The number of carboxylic acids is 1. The third kappa shape index (κ3) is 2.71. The Morgan fingerprint density at radius 2 is 2.16 bits per heavy atom. The van der Waals surface area contributed by atoms with E-state index in [1.165, 1.54) is 0 Å². The van der Waals surface area contributed by atoms with Crippen LogP contribution in [0.15, 0.2) is 6.07 Å². The van der Waals surface area contributed by atoms with Gasteiger partial charge in [-0.15, -0.1) is 0 Å². The van der Waals surface area contributed by atoms with Gasteiger partial charge in [0.1, 0.15) is 5.56 Å². The van der Waals surface area contributed by atoms with Crippen molar-refractivity contribution in [1.82, 2.24) is 4.98 Å². The van der Waals surface area contributed by atoms with Gasteiger partial charge in [-0.1, -0.05) is 0 Å². The van der Waals surface area contributed by atoms with Gasteiger partial charge in [-0.2, -0.15) is 0 Å². The van der Waals surface area contributed by atoms with E-state index in [-0.39, 0.29) is 12.1 Å². The highest BCUT2D eigenvalue weighted by Crippen LogP contribution is 2.28. The van der Waals surface area contributed by atoms with Crippen LogP contribution in [0.25, 0.3) is 0 Å². The van der Waals surface area contributed by atoms with Gasteiger partial charge in [0.2, 0.25) is 0 Å². The molecule has 1 aliphatic heterocycles. The molecule has 5 nitrogen and oxygen atoms in total. The van der Waals surface area contributed by atoms with Gasteiger partial charge < -0.3 is 14.7 Å². The van der Waals surface area contributed by atoms with Gasteiger partial charge >= 0.3 is 5.97 Å². The zero-order valence-electron chi connectivity index (χ0n) is 11.8. The summed E-state index contributed by atoms with van der Waals surface area (Å²) in [4.78, 5) is 17.9. The second-order valence-corrected chi connectivity index (χ2v) is 5.19. The van der Waals surface area contributed by atoms with Crippen LogP contribution in [0.5, 0.6) is 0 Å². The summed E-state index contributed by atoms with van der Waals surface area (Å²) in [5, 5.41) is 9.42. The molecule has 2 rings (SSSR count). The Bertz CT molecular complexity index is 502. The zero-order chi connectivity index (χ0) is 14.2. The van der Waals surface area contributed by atoms with Crippen molar-refractivity contribution in [2.45, 2.75) is 39.8 Å². The molecule has 0 aromatic carbocycles. The number of hydrogen-bond acceptors (Lipinski definition) is 4. The van der Waals surface area contributed by atoms with Gasteiger partial charge in [0.15, 0.2) is 0 Å². The fraction of sp³-hybridized carbons (Fsp3) is 0.571. The number of carbonyl (C=O) groups is 1. The van der Waals surface area contributed by atoms with Crippen molar-refractivity contribution in [2.75, 3.05) is 18.1 Å². The summed E-state index contributed by atoms with van der Waals surface area (Å²) in [6, 6.07) is 2.01. The number of morpholine rings is 1. The van der Waals surface area contributed by atoms with Gasteiger partial charge in [-0.05, 0) is 33.8 Å². The van der Waals surface area contributed by atoms with Crippen molar-refractivity contribution < 1.29 is 14.6 Å². The van der Waals surface area contributed by atoms with Gasteiger partial charge in [-0.25, -0.2) is 4.79 Å². The highest BCUT2D eigenvalue weighted by atomic mass is 16.5. The van der Waals surface area contributed by atoms with Crippen LogP contribution in [0, 0.1) is 13.8 Å². The lowest BCUT2D eigenvalue weighted by Gasteiger charge is -2.39. The third-order valence-corrected chi connectivity index (χ3v) is 3.44. The maximum atomic E-state index is 11.5. The summed E-state index contributed by atoms with van der Waals surface area (Å²) < 4.78 is 5.60. The second-order valence-electron chi connectivity index (χ2n) is 5.19. The first kappa shape index (κ1) is 13.8. The Labute approximate surface area is 113 Å². The van der Waals surface area contributed by atoms with E-state index in [2.05, 4.69) is 9.88 Å². The number of ether oxygens (including phenoxy) is 1. The number of pyridine rings is 1. The molecule has 1 aliphatic rings. The van der Waals surface area contributed by atoms with Crippen molar-refractivity contribution in [2.24, 2.45) is 0 Å². The predicted octanol–water partition coefficient (Wildman–Crippen LogP) is 2.01. The smallest absolute Gasteiger partial charge is 0.339 e. The number of aromatic carboxylic acids is 1. The van der Waals surface area contributed by atoms with E-state index in [0.717, 1.165) is 11.4 Å². The molecule has 2 unspecified atom stereocenters. The summed E-state index contributed by atoms with van der Waals surface area (Å²) >= 11 is 0. The highest BCUT2D eigenvalue weighted by molar-refractivity contribution is 5.95. The maximum Gasteiger partial charge on any atom is 0.339 e. The Morgan fingerprint density at radius 1 is 1.47 bits per heavy atom. The molecule has 1 saturated heterocycles. The molecule has 0 spiro atoms. The van der Waals surface area contributed by atoms with Gasteiger partial charge in [0, 0.05) is 18.3 Å². The minimum atomic E-state index is -0.925. The van der Waals surface area contributed by atoms with Crippen LogP contribution in [-0.2, 0) is 4.74 Å². The van der Waals surface area contributed by atoms with E-state index in [1.807, 2.05) is 26.8 Å². The highest BCUT2D eigenvalue weighted by Gasteiger charge is 2.28. The van der Waals surface area contributed by atoms with E-state index in [1.54, 1.807) is 6.92 Å². The monoisotopic (exact) mass is 264 g/mol. The maximum absolute atomic E-state index is 11.5. The van der Waals surface area contributed by atoms with Crippen LogP contribution >= 0.6 is 0 Å². The molecule has 2 atom stereocenters. The first-order valence-corrected chi connectivity index (χ1v) is 6.50. The first-order valence-electron chi connectivity index (χ1n) is 6.50. The summed E-state index contributed by atoms with van der Waals surface area (Å²) in [7, 11) is 0. The lowest BCUT2D eigenvalue weighted by atomic mass is 10.1. The minimum absolute atomic E-state index is 0.103. The second kappa shape index (κ2) is 5.17. The lowest BCUT2D eigenvalue weighted by Crippen LogP contribution is -2.48. The fourth-order valence-corrected chi connectivity index (χ4v) is 2.54. The normalized spacial score (nSPS) is 23.5. The van der Waals surface area contributed by atoms with Crippen molar-refractivity contribution in [3.05, 3.63) is 23.0 Å². The molecular formula is C14H20N2O3. The van der Waals surface area contributed by atoms with E-state index in [9.17, 15) is 9.90 Å². The standard InChI is InChI=1S/C14H20N2O3/c1-8-5-12(13(14(17)18)11(4)15-8)16-6-10(3)19-7-9(16)2/h5,9-10H,6-7H2,1-4H3,(H,17,18). The summed E-state index contributed by atoms with van der Waals surface area (Å²) in [6.45, 7) is 8.99. The van der Waals surface area contributed by atoms with E-state index < -0.39 is 5.97 Å². The Morgan fingerprint density at radius 3 is 2.79 bits per heavy atom. The Kier molecular flexibility index (Phi) is 3.75.